The Balaban J connectivity index is 1.77. The normalized spacial score (nSPS) is 15.3. The molecule has 0 radical (unpaired) electrons. The molecule has 24 heavy (non-hydrogen) atoms. The molecular weight excluding hydrogens is 306 g/mol. The predicted molar refractivity (Wildman–Crippen MR) is 86.3 cm³/mol. The maximum absolute atomic E-state index is 9.05. The number of fused-ring (bicyclic) bond motifs is 1. The quantitative estimate of drug-likeness (QED) is 0.796. The van der Waals surface area contributed by atoms with Gasteiger partial charge >= 0.3 is 0 Å². The summed E-state index contributed by atoms with van der Waals surface area (Å²) < 4.78 is 11.5. The summed E-state index contributed by atoms with van der Waals surface area (Å²) in [4.78, 5) is 8.40. The van der Waals surface area contributed by atoms with E-state index in [4.69, 9.17) is 14.7 Å². The van der Waals surface area contributed by atoms with E-state index in [1.54, 1.807) is 18.5 Å². The average Bonchev–Trinajstić information content (AvgIpc) is 3.08. The highest BCUT2D eigenvalue weighted by Gasteiger charge is 2.20. The summed E-state index contributed by atoms with van der Waals surface area (Å²) in [5, 5.41) is 17.3. The zero-order chi connectivity index (χ0) is 16.4. The third-order valence-electron chi connectivity index (χ3n) is 4.04. The van der Waals surface area contributed by atoms with Crippen LogP contribution in [0.2, 0.25) is 0 Å². The summed E-state index contributed by atoms with van der Waals surface area (Å²) in [6, 6.07) is 7.43. The molecule has 0 saturated carbocycles. The van der Waals surface area contributed by atoms with Crippen LogP contribution in [0.5, 0.6) is 5.88 Å². The van der Waals surface area contributed by atoms with Crippen molar-refractivity contribution in [1.29, 1.82) is 5.26 Å². The van der Waals surface area contributed by atoms with E-state index in [1.807, 2.05) is 18.2 Å². The zero-order valence-corrected chi connectivity index (χ0v) is 12.9. The van der Waals surface area contributed by atoms with Crippen LogP contribution in [0.4, 0.5) is 0 Å². The minimum atomic E-state index is 0.0895. The lowest BCUT2D eigenvalue weighted by atomic mass is 10.1. The third kappa shape index (κ3) is 2.68. The first-order chi connectivity index (χ1) is 11.8. The van der Waals surface area contributed by atoms with Crippen molar-refractivity contribution in [2.24, 2.45) is 0 Å². The van der Waals surface area contributed by atoms with Gasteiger partial charge in [-0.2, -0.15) is 10.4 Å². The first-order valence-electron chi connectivity index (χ1n) is 7.79. The first kappa shape index (κ1) is 14.6. The second-order valence-electron chi connectivity index (χ2n) is 5.58. The molecule has 1 saturated heterocycles. The first-order valence-corrected chi connectivity index (χ1v) is 7.79. The molecule has 1 aliphatic rings. The van der Waals surface area contributed by atoms with E-state index in [2.05, 4.69) is 20.2 Å². The smallest absolute Gasteiger partial charge is 0.225 e. The maximum atomic E-state index is 9.05. The standard InChI is InChI=1S/C17H15N5O2/c18-10-12-9-11(1-5-19-12)16-15-14(21-22-16)2-6-20-17(15)24-13-3-7-23-8-4-13/h1-2,5-6,9,13H,3-4,7-8H2,(H,21,22). The molecule has 0 unspecified atom stereocenters. The summed E-state index contributed by atoms with van der Waals surface area (Å²) in [7, 11) is 0. The number of aromatic nitrogens is 4. The largest absolute Gasteiger partial charge is 0.474 e. The fraction of sp³-hybridized carbons (Fsp3) is 0.294. The molecule has 0 aliphatic carbocycles. The number of hydrogen-bond acceptors (Lipinski definition) is 6. The molecule has 3 aromatic rings. The summed E-state index contributed by atoms with van der Waals surface area (Å²) in [6.07, 6.45) is 5.08. The van der Waals surface area contributed by atoms with E-state index in [0.717, 1.165) is 29.3 Å². The molecule has 120 valence electrons. The molecule has 3 aromatic heterocycles. The van der Waals surface area contributed by atoms with Gasteiger partial charge in [0.25, 0.3) is 0 Å². The Morgan fingerprint density at radius 1 is 1.21 bits per heavy atom. The van der Waals surface area contributed by atoms with Crippen molar-refractivity contribution in [3.8, 4) is 23.2 Å². The number of rotatable bonds is 3. The molecule has 0 atom stereocenters. The lowest BCUT2D eigenvalue weighted by molar-refractivity contribution is 0.0244. The fourth-order valence-electron chi connectivity index (χ4n) is 2.83. The van der Waals surface area contributed by atoms with Crippen LogP contribution in [0.15, 0.2) is 30.6 Å². The van der Waals surface area contributed by atoms with E-state index >= 15 is 0 Å². The van der Waals surface area contributed by atoms with E-state index in [1.165, 1.54) is 0 Å². The van der Waals surface area contributed by atoms with Gasteiger partial charge in [-0.3, -0.25) is 5.10 Å². The van der Waals surface area contributed by atoms with Crippen molar-refractivity contribution in [1.82, 2.24) is 20.2 Å². The second kappa shape index (κ2) is 6.26. The number of nitrogens with zero attached hydrogens (tertiary/aromatic N) is 4. The van der Waals surface area contributed by atoms with Gasteiger partial charge in [-0.15, -0.1) is 0 Å². The highest BCUT2D eigenvalue weighted by Crippen LogP contribution is 2.33. The molecule has 4 heterocycles. The summed E-state index contributed by atoms with van der Waals surface area (Å²) in [5.41, 5.74) is 2.70. The molecule has 4 rings (SSSR count). The van der Waals surface area contributed by atoms with Gasteiger partial charge in [0.1, 0.15) is 23.6 Å². The SMILES string of the molecule is N#Cc1cc(-c2n[nH]c3ccnc(OC4CCOCC4)c23)ccn1. The highest BCUT2D eigenvalue weighted by atomic mass is 16.5. The van der Waals surface area contributed by atoms with E-state index < -0.39 is 0 Å². The van der Waals surface area contributed by atoms with Crippen LogP contribution in [-0.2, 0) is 4.74 Å². The topological polar surface area (TPSA) is 96.7 Å². The van der Waals surface area contributed by atoms with Gasteiger partial charge in [0.15, 0.2) is 0 Å². The third-order valence-corrected chi connectivity index (χ3v) is 4.04. The Kier molecular flexibility index (Phi) is 3.81. The van der Waals surface area contributed by atoms with Crippen molar-refractivity contribution in [3.63, 3.8) is 0 Å². The van der Waals surface area contributed by atoms with E-state index in [0.29, 0.717) is 30.5 Å². The highest BCUT2D eigenvalue weighted by molar-refractivity contribution is 5.96. The number of aromatic amines is 1. The predicted octanol–water partition coefficient (Wildman–Crippen LogP) is 2.45. The van der Waals surface area contributed by atoms with Crippen LogP contribution >= 0.6 is 0 Å². The van der Waals surface area contributed by atoms with Crippen LogP contribution in [0.3, 0.4) is 0 Å². The Morgan fingerprint density at radius 3 is 2.88 bits per heavy atom. The van der Waals surface area contributed by atoms with Gasteiger partial charge in [-0.05, 0) is 18.2 Å². The van der Waals surface area contributed by atoms with Gasteiger partial charge in [0.05, 0.1) is 24.1 Å². The van der Waals surface area contributed by atoms with Crippen LogP contribution in [0, 0.1) is 11.3 Å². The zero-order valence-electron chi connectivity index (χ0n) is 12.9. The van der Waals surface area contributed by atoms with Crippen molar-refractivity contribution in [2.75, 3.05) is 13.2 Å². The van der Waals surface area contributed by atoms with Crippen LogP contribution < -0.4 is 4.74 Å². The van der Waals surface area contributed by atoms with Gasteiger partial charge in [0.2, 0.25) is 5.88 Å². The molecule has 0 bridgehead atoms. The molecule has 1 aliphatic heterocycles. The number of nitrogens with one attached hydrogen (secondary N) is 1. The van der Waals surface area contributed by atoms with Gasteiger partial charge < -0.3 is 9.47 Å². The van der Waals surface area contributed by atoms with Gasteiger partial charge in [0, 0.05) is 30.8 Å². The molecule has 0 spiro atoms. The Morgan fingerprint density at radius 2 is 2.04 bits per heavy atom. The second-order valence-corrected chi connectivity index (χ2v) is 5.58. The number of pyridine rings is 2. The van der Waals surface area contributed by atoms with Crippen LogP contribution in [0.1, 0.15) is 18.5 Å². The lowest BCUT2D eigenvalue weighted by Gasteiger charge is -2.23. The molecule has 7 heteroatoms. The minimum absolute atomic E-state index is 0.0895. The molecule has 7 nitrogen and oxygen atoms in total. The Bertz CT molecular complexity index is 909. The Labute approximate surface area is 138 Å². The van der Waals surface area contributed by atoms with Crippen molar-refractivity contribution >= 4 is 10.9 Å². The molecule has 1 N–H and O–H groups in total. The molecule has 1 fully saturated rings. The van der Waals surface area contributed by atoms with E-state index in [-0.39, 0.29) is 6.10 Å². The monoisotopic (exact) mass is 321 g/mol. The maximum Gasteiger partial charge on any atom is 0.225 e. The van der Waals surface area contributed by atoms with Crippen molar-refractivity contribution < 1.29 is 9.47 Å². The number of H-pyrrole nitrogens is 1. The lowest BCUT2D eigenvalue weighted by Crippen LogP contribution is -2.26. The summed E-state index contributed by atoms with van der Waals surface area (Å²) in [6.45, 7) is 1.41. The molecule has 0 aromatic carbocycles. The number of ether oxygens (including phenoxy) is 2. The summed E-state index contributed by atoms with van der Waals surface area (Å²) in [5.74, 6) is 0.554. The number of hydrogen-bond donors (Lipinski definition) is 1. The van der Waals surface area contributed by atoms with Crippen molar-refractivity contribution in [3.05, 3.63) is 36.3 Å². The molecule has 0 amide bonds. The molecular formula is C17H15N5O2. The minimum Gasteiger partial charge on any atom is -0.474 e. The average molecular weight is 321 g/mol. The van der Waals surface area contributed by atoms with Crippen LogP contribution in [0.25, 0.3) is 22.2 Å². The Hall–Kier alpha value is -2.98. The van der Waals surface area contributed by atoms with Crippen LogP contribution in [-0.4, -0.2) is 39.5 Å². The van der Waals surface area contributed by atoms with E-state index in [9.17, 15) is 0 Å². The fourth-order valence-corrected chi connectivity index (χ4v) is 2.83. The number of nitriles is 1. The van der Waals surface area contributed by atoms with Gasteiger partial charge in [-0.1, -0.05) is 0 Å². The van der Waals surface area contributed by atoms with Gasteiger partial charge in [-0.25, -0.2) is 9.97 Å². The van der Waals surface area contributed by atoms with Crippen molar-refractivity contribution in [2.45, 2.75) is 18.9 Å². The summed E-state index contributed by atoms with van der Waals surface area (Å²) >= 11 is 0.